The molecular formula is C20H25N3O2. The average Bonchev–Trinajstić information content (AvgIpc) is 2.63. The van der Waals surface area contributed by atoms with E-state index in [9.17, 15) is 9.59 Å². The maximum atomic E-state index is 12.5. The number of ketones is 1. The molecule has 0 bridgehead atoms. The third-order valence-electron chi connectivity index (χ3n) is 4.95. The molecule has 0 aliphatic heterocycles. The first-order chi connectivity index (χ1) is 12.2. The van der Waals surface area contributed by atoms with Crippen LogP contribution in [0.25, 0.3) is 10.9 Å². The summed E-state index contributed by atoms with van der Waals surface area (Å²) in [5.74, 6) is 0.578. The van der Waals surface area contributed by atoms with Gasteiger partial charge < -0.3 is 11.1 Å². The average molecular weight is 339 g/mol. The van der Waals surface area contributed by atoms with Crippen LogP contribution in [0.1, 0.15) is 49.0 Å². The molecule has 3 rings (SSSR count). The number of fused-ring (bicyclic) bond motifs is 1. The number of benzene rings is 1. The topological polar surface area (TPSA) is 85.1 Å². The van der Waals surface area contributed by atoms with Gasteiger partial charge in [-0.15, -0.1) is 0 Å². The first-order valence-electron chi connectivity index (χ1n) is 9.04. The Morgan fingerprint density at radius 3 is 2.60 bits per heavy atom. The molecule has 2 aromatic rings. The van der Waals surface area contributed by atoms with Gasteiger partial charge in [-0.3, -0.25) is 9.59 Å². The van der Waals surface area contributed by atoms with Crippen molar-refractivity contribution in [1.82, 2.24) is 10.3 Å². The molecule has 0 atom stereocenters. The van der Waals surface area contributed by atoms with E-state index in [-0.39, 0.29) is 17.7 Å². The number of carbonyl (C=O) groups is 2. The summed E-state index contributed by atoms with van der Waals surface area (Å²) in [7, 11) is 0. The molecule has 5 heteroatoms. The van der Waals surface area contributed by atoms with Crippen molar-refractivity contribution in [2.45, 2.75) is 44.6 Å². The highest BCUT2D eigenvalue weighted by molar-refractivity contribution is 5.95. The first kappa shape index (κ1) is 17.5. The van der Waals surface area contributed by atoms with Gasteiger partial charge in [-0.1, -0.05) is 24.3 Å². The predicted molar refractivity (Wildman–Crippen MR) is 98.3 cm³/mol. The molecule has 25 heavy (non-hydrogen) atoms. The smallest absolute Gasteiger partial charge is 0.270 e. The van der Waals surface area contributed by atoms with Crippen LogP contribution < -0.4 is 11.1 Å². The zero-order chi connectivity index (χ0) is 17.6. The number of rotatable bonds is 6. The van der Waals surface area contributed by atoms with E-state index in [0.717, 1.165) is 36.6 Å². The van der Waals surface area contributed by atoms with Crippen LogP contribution in [-0.4, -0.2) is 29.3 Å². The van der Waals surface area contributed by atoms with E-state index < -0.39 is 0 Å². The maximum Gasteiger partial charge on any atom is 0.270 e. The normalized spacial score (nSPS) is 20.4. The number of hydrogen-bond donors (Lipinski definition) is 2. The van der Waals surface area contributed by atoms with Gasteiger partial charge in [0.05, 0.1) is 5.52 Å². The molecule has 1 aromatic carbocycles. The van der Waals surface area contributed by atoms with E-state index >= 15 is 0 Å². The predicted octanol–water partition coefficient (Wildman–Crippen LogP) is 2.83. The van der Waals surface area contributed by atoms with Crippen LogP contribution in [0.15, 0.2) is 36.4 Å². The summed E-state index contributed by atoms with van der Waals surface area (Å²) in [6, 6.07) is 11.6. The molecule has 1 aliphatic rings. The molecule has 1 saturated carbocycles. The monoisotopic (exact) mass is 339 g/mol. The van der Waals surface area contributed by atoms with Gasteiger partial charge in [0.25, 0.3) is 5.91 Å². The Kier molecular flexibility index (Phi) is 5.76. The summed E-state index contributed by atoms with van der Waals surface area (Å²) >= 11 is 0. The number of carbonyl (C=O) groups excluding carboxylic acids is 2. The highest BCUT2D eigenvalue weighted by Crippen LogP contribution is 2.27. The SMILES string of the molecule is NCCC(=O)CC1CCC(NC(=O)c2ccc3ccccc3n2)CC1. The van der Waals surface area contributed by atoms with Gasteiger partial charge in [-0.05, 0) is 50.3 Å². The number of aromatic nitrogens is 1. The highest BCUT2D eigenvalue weighted by atomic mass is 16.2. The zero-order valence-electron chi connectivity index (χ0n) is 14.4. The van der Waals surface area contributed by atoms with Crippen molar-refractivity contribution in [2.24, 2.45) is 11.7 Å². The molecule has 1 heterocycles. The lowest BCUT2D eigenvalue weighted by molar-refractivity contribution is -0.120. The molecular weight excluding hydrogens is 314 g/mol. The van der Waals surface area contributed by atoms with Gasteiger partial charge in [0.15, 0.2) is 0 Å². The fourth-order valence-corrected chi connectivity index (χ4v) is 3.55. The Hall–Kier alpha value is -2.27. The van der Waals surface area contributed by atoms with Crippen LogP contribution in [0.2, 0.25) is 0 Å². The summed E-state index contributed by atoms with van der Waals surface area (Å²) in [5.41, 5.74) is 6.72. The van der Waals surface area contributed by atoms with Gasteiger partial charge in [0.2, 0.25) is 0 Å². The van der Waals surface area contributed by atoms with Crippen LogP contribution >= 0.6 is 0 Å². The van der Waals surface area contributed by atoms with Crippen LogP contribution in [-0.2, 0) is 4.79 Å². The second-order valence-corrected chi connectivity index (χ2v) is 6.86. The van der Waals surface area contributed by atoms with E-state index in [1.807, 2.05) is 30.3 Å². The number of nitrogens with zero attached hydrogens (tertiary/aromatic N) is 1. The lowest BCUT2D eigenvalue weighted by Gasteiger charge is -2.28. The third kappa shape index (κ3) is 4.63. The Bertz CT molecular complexity index is 751. The van der Waals surface area contributed by atoms with E-state index in [0.29, 0.717) is 31.0 Å². The van der Waals surface area contributed by atoms with E-state index in [4.69, 9.17) is 5.73 Å². The maximum absolute atomic E-state index is 12.5. The summed E-state index contributed by atoms with van der Waals surface area (Å²) in [4.78, 5) is 28.6. The number of hydrogen-bond acceptors (Lipinski definition) is 4. The summed E-state index contributed by atoms with van der Waals surface area (Å²) in [6.07, 6.45) is 4.90. The molecule has 0 spiro atoms. The molecule has 0 unspecified atom stereocenters. The minimum Gasteiger partial charge on any atom is -0.348 e. The number of para-hydroxylation sites is 1. The molecule has 3 N–H and O–H groups in total. The van der Waals surface area contributed by atoms with Crippen molar-refractivity contribution < 1.29 is 9.59 Å². The third-order valence-corrected chi connectivity index (χ3v) is 4.95. The van der Waals surface area contributed by atoms with Crippen LogP contribution in [0.5, 0.6) is 0 Å². The van der Waals surface area contributed by atoms with Crippen molar-refractivity contribution >= 4 is 22.6 Å². The van der Waals surface area contributed by atoms with E-state index in [1.54, 1.807) is 6.07 Å². The van der Waals surface area contributed by atoms with Crippen molar-refractivity contribution in [3.05, 3.63) is 42.1 Å². The fourth-order valence-electron chi connectivity index (χ4n) is 3.55. The largest absolute Gasteiger partial charge is 0.348 e. The molecule has 5 nitrogen and oxygen atoms in total. The highest BCUT2D eigenvalue weighted by Gasteiger charge is 2.24. The van der Waals surface area contributed by atoms with E-state index in [1.165, 1.54) is 0 Å². The minimum absolute atomic E-state index is 0.117. The van der Waals surface area contributed by atoms with Gasteiger partial charge >= 0.3 is 0 Å². The molecule has 0 radical (unpaired) electrons. The van der Waals surface area contributed by atoms with Crippen LogP contribution in [0, 0.1) is 5.92 Å². The number of Topliss-reactive ketones (excluding diaryl/α,β-unsaturated/α-hetero) is 1. The van der Waals surface area contributed by atoms with Crippen LogP contribution in [0.3, 0.4) is 0 Å². The molecule has 132 valence electrons. The standard InChI is InChI=1S/C20H25N3O2/c21-12-11-17(24)13-14-5-8-16(9-6-14)22-20(25)19-10-7-15-3-1-2-4-18(15)23-19/h1-4,7,10,14,16H,5-6,8-9,11-13,21H2,(H,22,25). The second kappa shape index (κ2) is 8.21. The molecule has 1 amide bonds. The number of nitrogens with two attached hydrogens (primary N) is 1. The fraction of sp³-hybridized carbons (Fsp3) is 0.450. The Morgan fingerprint density at radius 2 is 1.84 bits per heavy atom. The quantitative estimate of drug-likeness (QED) is 0.847. The summed E-state index contributed by atoms with van der Waals surface area (Å²) in [5, 5.41) is 4.12. The van der Waals surface area contributed by atoms with Crippen molar-refractivity contribution in [2.75, 3.05) is 6.54 Å². The van der Waals surface area contributed by atoms with E-state index in [2.05, 4.69) is 10.3 Å². The first-order valence-corrected chi connectivity index (χ1v) is 9.04. The van der Waals surface area contributed by atoms with Gasteiger partial charge in [-0.2, -0.15) is 0 Å². The van der Waals surface area contributed by atoms with Crippen molar-refractivity contribution in [3.8, 4) is 0 Å². The zero-order valence-corrected chi connectivity index (χ0v) is 14.4. The van der Waals surface area contributed by atoms with Crippen LogP contribution in [0.4, 0.5) is 0 Å². The minimum atomic E-state index is -0.117. The lowest BCUT2D eigenvalue weighted by atomic mass is 9.83. The van der Waals surface area contributed by atoms with Gasteiger partial charge in [0, 0.05) is 24.3 Å². The Labute approximate surface area is 148 Å². The van der Waals surface area contributed by atoms with Gasteiger partial charge in [0.1, 0.15) is 11.5 Å². The van der Waals surface area contributed by atoms with Crippen molar-refractivity contribution in [3.63, 3.8) is 0 Å². The summed E-state index contributed by atoms with van der Waals surface area (Å²) < 4.78 is 0. The summed E-state index contributed by atoms with van der Waals surface area (Å²) in [6.45, 7) is 0.434. The molecule has 0 saturated heterocycles. The Morgan fingerprint density at radius 1 is 1.08 bits per heavy atom. The molecule has 1 aromatic heterocycles. The Balaban J connectivity index is 1.52. The lowest BCUT2D eigenvalue weighted by Crippen LogP contribution is -2.38. The van der Waals surface area contributed by atoms with Gasteiger partial charge in [-0.25, -0.2) is 4.98 Å². The molecule has 1 fully saturated rings. The second-order valence-electron chi connectivity index (χ2n) is 6.86. The number of nitrogens with one attached hydrogen (secondary N) is 1. The molecule has 1 aliphatic carbocycles. The van der Waals surface area contributed by atoms with Crippen molar-refractivity contribution in [1.29, 1.82) is 0 Å². The number of amides is 1. The number of pyridine rings is 1.